The van der Waals surface area contributed by atoms with Gasteiger partial charge in [-0.05, 0) is 36.8 Å². The number of carbonyl (C=O) groups excluding carboxylic acids is 1. The van der Waals surface area contributed by atoms with Gasteiger partial charge in [-0.2, -0.15) is 0 Å². The summed E-state index contributed by atoms with van der Waals surface area (Å²) in [4.78, 5) is 22.2. The lowest BCUT2D eigenvalue weighted by Gasteiger charge is -2.17. The van der Waals surface area contributed by atoms with Crippen LogP contribution in [0.25, 0.3) is 22.1 Å². The van der Waals surface area contributed by atoms with Crippen LogP contribution in [0.2, 0.25) is 0 Å². The lowest BCUT2D eigenvalue weighted by atomic mass is 10.1. The van der Waals surface area contributed by atoms with Crippen LogP contribution in [-0.4, -0.2) is 15.9 Å². The Bertz CT molecular complexity index is 1240. The fourth-order valence-electron chi connectivity index (χ4n) is 3.27. The van der Waals surface area contributed by atoms with Crippen molar-refractivity contribution in [3.05, 3.63) is 77.1 Å². The molecular formula is C21H19ClN4O5. The van der Waals surface area contributed by atoms with E-state index in [1.807, 2.05) is 69.3 Å². The number of halogens is 1. The zero-order valence-corrected chi connectivity index (χ0v) is 17.7. The summed E-state index contributed by atoms with van der Waals surface area (Å²) in [5.74, 6) is -0.208. The van der Waals surface area contributed by atoms with E-state index in [1.54, 1.807) is 10.7 Å². The third-order valence-corrected chi connectivity index (χ3v) is 4.41. The number of carbonyl (C=O) groups is 1. The molecule has 2 heterocycles. The molecule has 0 atom stereocenters. The standard InChI is InChI=1S/C21H18N4O.ClHO4/c1-13-11-14(2)25(15(3)12-13)24-21(26)16-7-6-10-19-20(16)23-18-9-5-4-8-17(18)22-19;2-1(3,4)5/h4-12H,1-3H3;(H,2,3,4,5). The Hall–Kier alpha value is -3.21. The van der Waals surface area contributed by atoms with Gasteiger partial charge in [0, 0.05) is 26.0 Å². The fraction of sp³-hybridized carbons (Fsp3) is 0.143. The molecule has 4 aromatic rings. The maximum atomic E-state index is 13.0. The van der Waals surface area contributed by atoms with Crippen molar-refractivity contribution < 1.29 is 38.3 Å². The van der Waals surface area contributed by atoms with Crippen molar-refractivity contribution in [2.45, 2.75) is 20.8 Å². The van der Waals surface area contributed by atoms with Crippen molar-refractivity contribution in [3.63, 3.8) is 0 Å². The van der Waals surface area contributed by atoms with Gasteiger partial charge < -0.3 is 0 Å². The van der Waals surface area contributed by atoms with E-state index in [2.05, 4.69) is 15.4 Å². The van der Waals surface area contributed by atoms with Crippen molar-refractivity contribution >= 4 is 28.0 Å². The highest BCUT2D eigenvalue weighted by molar-refractivity contribution is 6.08. The molecule has 1 amide bonds. The van der Waals surface area contributed by atoms with E-state index in [-0.39, 0.29) is 5.91 Å². The first kappa shape index (κ1) is 22.5. The summed E-state index contributed by atoms with van der Waals surface area (Å²) in [6, 6.07) is 17.2. The molecule has 0 radical (unpaired) electrons. The predicted molar refractivity (Wildman–Crippen MR) is 102 cm³/mol. The lowest BCUT2D eigenvalue weighted by molar-refractivity contribution is -2.00. The monoisotopic (exact) mass is 442 g/mol. The molecule has 0 aliphatic rings. The molecule has 9 nitrogen and oxygen atoms in total. The zero-order chi connectivity index (χ0) is 22.8. The van der Waals surface area contributed by atoms with Crippen molar-refractivity contribution in [1.82, 2.24) is 9.97 Å². The molecule has 31 heavy (non-hydrogen) atoms. The number of nitrogens with zero attached hydrogens (tertiary/aromatic N) is 3. The molecule has 1 N–H and O–H groups in total. The molecule has 0 bridgehead atoms. The molecule has 10 heteroatoms. The van der Waals surface area contributed by atoms with E-state index in [9.17, 15) is 4.79 Å². The molecule has 0 saturated heterocycles. The summed E-state index contributed by atoms with van der Waals surface area (Å²) in [5.41, 5.74) is 9.47. The third-order valence-electron chi connectivity index (χ3n) is 4.41. The van der Waals surface area contributed by atoms with Gasteiger partial charge in [-0.3, -0.25) is 4.79 Å². The first-order chi connectivity index (χ1) is 14.5. The molecular weight excluding hydrogens is 424 g/mol. The predicted octanol–water partition coefficient (Wildman–Crippen LogP) is -1.38. The van der Waals surface area contributed by atoms with Crippen LogP contribution in [0.1, 0.15) is 27.3 Å². The van der Waals surface area contributed by atoms with E-state index < -0.39 is 10.2 Å². The number of amides is 1. The molecule has 160 valence electrons. The molecule has 0 aliphatic heterocycles. The zero-order valence-electron chi connectivity index (χ0n) is 17.0. The van der Waals surface area contributed by atoms with Crippen molar-refractivity contribution in [2.24, 2.45) is 0 Å². The number of rotatable bonds is 2. The summed E-state index contributed by atoms with van der Waals surface area (Å²) in [6.07, 6.45) is 0. The van der Waals surface area contributed by atoms with Crippen LogP contribution >= 0.6 is 0 Å². The van der Waals surface area contributed by atoms with Crippen LogP contribution in [0.4, 0.5) is 0 Å². The Balaban J connectivity index is 0.000000491. The second-order valence-corrected chi connectivity index (χ2v) is 7.61. The number of aromatic nitrogens is 3. The normalized spacial score (nSPS) is 11.2. The number of pyridine rings is 1. The number of para-hydroxylation sites is 3. The quantitative estimate of drug-likeness (QED) is 0.297. The molecule has 0 saturated carbocycles. The first-order valence-corrected chi connectivity index (χ1v) is 10.3. The number of aryl methyl sites for hydroxylation is 3. The Morgan fingerprint density at radius 2 is 1.35 bits per heavy atom. The van der Waals surface area contributed by atoms with Crippen LogP contribution < -0.4 is 28.7 Å². The summed E-state index contributed by atoms with van der Waals surface area (Å²) < 4.78 is 35.8. The fourth-order valence-corrected chi connectivity index (χ4v) is 3.27. The molecule has 0 fully saturated rings. The Kier molecular flexibility index (Phi) is 6.44. The Labute approximate surface area is 180 Å². The van der Waals surface area contributed by atoms with E-state index in [0.29, 0.717) is 16.6 Å². The van der Waals surface area contributed by atoms with Crippen LogP contribution in [0.5, 0.6) is 0 Å². The second-order valence-electron chi connectivity index (χ2n) is 6.86. The van der Waals surface area contributed by atoms with Gasteiger partial charge in [0.05, 0.1) is 22.1 Å². The summed E-state index contributed by atoms with van der Waals surface area (Å²) in [5, 5.41) is 0. The van der Waals surface area contributed by atoms with Crippen LogP contribution in [0, 0.1) is 31.0 Å². The highest BCUT2D eigenvalue weighted by atomic mass is 35.7. The summed E-state index contributed by atoms with van der Waals surface area (Å²) in [7, 11) is -4.94. The molecule has 4 rings (SSSR count). The van der Waals surface area contributed by atoms with Gasteiger partial charge in [0.2, 0.25) is 11.4 Å². The topological polar surface area (TPSA) is 151 Å². The average molecular weight is 443 g/mol. The van der Waals surface area contributed by atoms with Gasteiger partial charge in [-0.1, -0.05) is 22.9 Å². The number of nitrogens with one attached hydrogen (secondary N) is 1. The molecule has 0 spiro atoms. The first-order valence-electron chi connectivity index (χ1n) is 9.11. The van der Waals surface area contributed by atoms with E-state index in [4.69, 9.17) is 18.6 Å². The van der Waals surface area contributed by atoms with Gasteiger partial charge in [0.25, 0.3) is 0 Å². The van der Waals surface area contributed by atoms with Gasteiger partial charge in [0.15, 0.2) is 0 Å². The average Bonchev–Trinajstić information content (AvgIpc) is 2.67. The maximum absolute atomic E-state index is 13.0. The van der Waals surface area contributed by atoms with Gasteiger partial charge in [-0.15, -0.1) is 15.7 Å². The van der Waals surface area contributed by atoms with Crippen LogP contribution in [0.3, 0.4) is 0 Å². The largest absolute Gasteiger partial charge is 0.307 e. The molecule has 2 aromatic heterocycles. The van der Waals surface area contributed by atoms with E-state index in [1.165, 1.54) is 0 Å². The van der Waals surface area contributed by atoms with E-state index >= 15 is 0 Å². The van der Waals surface area contributed by atoms with E-state index in [0.717, 1.165) is 28.0 Å². The molecule has 0 aliphatic carbocycles. The van der Waals surface area contributed by atoms with Gasteiger partial charge in [-0.25, -0.2) is 28.6 Å². The lowest BCUT2D eigenvalue weighted by Crippen LogP contribution is -2.68. The van der Waals surface area contributed by atoms with Gasteiger partial charge >= 0.3 is 5.91 Å². The maximum Gasteiger partial charge on any atom is 0.307 e. The number of fused-ring (bicyclic) bond motifs is 2. The molecule has 2 aromatic carbocycles. The van der Waals surface area contributed by atoms with Crippen molar-refractivity contribution in [3.8, 4) is 0 Å². The number of benzene rings is 2. The third kappa shape index (κ3) is 5.69. The highest BCUT2D eigenvalue weighted by Gasteiger charge is 2.19. The number of hydrogen-bond acceptors (Lipinski definition) is 7. The minimum atomic E-state index is -4.94. The highest BCUT2D eigenvalue weighted by Crippen LogP contribution is 2.19. The minimum Gasteiger partial charge on any atom is -0.263 e. The van der Waals surface area contributed by atoms with Crippen molar-refractivity contribution in [2.75, 3.05) is 5.43 Å². The Morgan fingerprint density at radius 3 is 1.94 bits per heavy atom. The van der Waals surface area contributed by atoms with Gasteiger partial charge in [0.1, 0.15) is 5.52 Å². The van der Waals surface area contributed by atoms with Crippen LogP contribution in [-0.2, 0) is 0 Å². The number of hydrogen-bond donors (Lipinski definition) is 1. The smallest absolute Gasteiger partial charge is 0.263 e. The minimum absolute atomic E-state index is 0.208. The van der Waals surface area contributed by atoms with Crippen LogP contribution in [0.15, 0.2) is 54.6 Å². The SMILES string of the molecule is Cc1cc(C)[n+](NC(=O)c2cccc3nc4ccccc4nc23)c(C)c1.[O-][Cl+3]([O-])([O-])[O-]. The summed E-state index contributed by atoms with van der Waals surface area (Å²) >= 11 is 0. The van der Waals surface area contributed by atoms with Crippen molar-refractivity contribution in [1.29, 1.82) is 0 Å². The second kappa shape index (κ2) is 8.88. The summed E-state index contributed by atoms with van der Waals surface area (Å²) in [6.45, 7) is 5.98. The molecule has 0 unspecified atom stereocenters. The Morgan fingerprint density at radius 1 is 0.839 bits per heavy atom.